The van der Waals surface area contributed by atoms with Crippen LogP contribution in [0, 0.1) is 43.9 Å². The van der Waals surface area contributed by atoms with Crippen LogP contribution in [0.5, 0.6) is 17.2 Å². The number of halogens is 2. The molecule has 2 N–H and O–H groups in total. The minimum absolute atomic E-state index is 0.0156. The number of allylic oxidation sites excluding steroid dienone is 2. The molecule has 4 aromatic rings. The molecule has 2 aliphatic heterocycles. The number of carbonyl (C=O) groups excluding carboxylic acids is 4. The molecule has 2 saturated heterocycles. The third-order valence-corrected chi connectivity index (χ3v) is 12.9. The van der Waals surface area contributed by atoms with Crippen molar-refractivity contribution in [3.8, 4) is 17.2 Å². The van der Waals surface area contributed by atoms with Crippen molar-refractivity contribution < 1.29 is 43.6 Å². The van der Waals surface area contributed by atoms with Gasteiger partial charge in [0.15, 0.2) is 17.2 Å². The minimum atomic E-state index is -1.72. The Hall–Kier alpha value is -6.72. The van der Waals surface area contributed by atoms with Crippen LogP contribution in [0.4, 0.5) is 28.4 Å². The Morgan fingerprint density at radius 3 is 2.18 bits per heavy atom. The zero-order chi connectivity index (χ0) is 44.5. The monoisotopic (exact) mass is 884 g/mol. The number of nitro groups is 2. The second-order valence-corrected chi connectivity index (χ2v) is 16.5. The molecule has 3 fully saturated rings. The van der Waals surface area contributed by atoms with Crippen molar-refractivity contribution in [1.29, 1.82) is 0 Å². The molecular formula is C43H38Cl2N6O11. The molecule has 2 heterocycles. The number of imide groups is 2. The van der Waals surface area contributed by atoms with Crippen LogP contribution in [0.3, 0.4) is 0 Å². The first kappa shape index (κ1) is 42.0. The van der Waals surface area contributed by atoms with E-state index in [0.717, 1.165) is 22.0 Å². The smallest absolute Gasteiger partial charge is 0.301 e. The third kappa shape index (κ3) is 6.36. The predicted molar refractivity (Wildman–Crippen MR) is 226 cm³/mol. The molecule has 0 spiro atoms. The molecule has 0 bridgehead atoms. The fraction of sp³-hybridized carbons (Fsp3) is 0.302. The van der Waals surface area contributed by atoms with Crippen LogP contribution in [0.15, 0.2) is 84.4 Å². The second-order valence-electron chi connectivity index (χ2n) is 15.6. The highest BCUT2D eigenvalue weighted by Gasteiger charge is 2.70. The molecule has 2 aliphatic carbocycles. The highest BCUT2D eigenvalue weighted by molar-refractivity contribution is 6.36. The Bertz CT molecular complexity index is 2600. The van der Waals surface area contributed by atoms with Crippen molar-refractivity contribution in [3.63, 3.8) is 0 Å². The molecule has 6 atom stereocenters. The molecule has 4 amide bonds. The normalized spacial score (nSPS) is 24.0. The molecule has 17 nitrogen and oxygen atoms in total. The lowest BCUT2D eigenvalue weighted by atomic mass is 9.49. The molecule has 62 heavy (non-hydrogen) atoms. The van der Waals surface area contributed by atoms with Crippen molar-refractivity contribution in [2.45, 2.75) is 31.1 Å². The van der Waals surface area contributed by atoms with Crippen LogP contribution < -0.4 is 24.7 Å². The van der Waals surface area contributed by atoms with Crippen molar-refractivity contribution >= 4 is 75.3 Å². The summed E-state index contributed by atoms with van der Waals surface area (Å²) in [5.74, 6) is -7.68. The van der Waals surface area contributed by atoms with Crippen LogP contribution in [-0.2, 0) is 24.6 Å². The standard InChI is InChI=1S/C43H38Cl2N6O11/c1-5-62-35-16-21(6-15-34(35)52)37-26-12-13-27-36(41(55)48(39(27)53)24-18-32(50(57)58)38(47(2)3)33(19-24)51(59)60)28(26)20-29-40(54)49(46-31-14-9-23(44)17-30(31)45)42(56)43(29,37)22-7-10-25(61-4)11-8-22/h6-12,14-19,27-29,36-37,46,52H,5,13,20H2,1-4H3/t27-,28+,29-,36-,37-,43+/m0/s1. The van der Waals surface area contributed by atoms with Gasteiger partial charge in [0.05, 0.1) is 63.1 Å². The van der Waals surface area contributed by atoms with Gasteiger partial charge in [-0.1, -0.05) is 53.1 Å². The van der Waals surface area contributed by atoms with Gasteiger partial charge in [-0.2, -0.15) is 5.01 Å². The predicted octanol–water partition coefficient (Wildman–Crippen LogP) is 7.18. The van der Waals surface area contributed by atoms with E-state index in [1.165, 1.54) is 50.4 Å². The van der Waals surface area contributed by atoms with Gasteiger partial charge in [-0.25, -0.2) is 4.90 Å². The quantitative estimate of drug-likeness (QED) is 0.0662. The summed E-state index contributed by atoms with van der Waals surface area (Å²) in [5.41, 5.74) is 0.813. The van der Waals surface area contributed by atoms with Crippen molar-refractivity contribution in [3.05, 3.63) is 126 Å². The first-order chi connectivity index (χ1) is 29.5. The Kier molecular flexibility index (Phi) is 10.6. The Labute approximate surface area is 363 Å². The van der Waals surface area contributed by atoms with E-state index in [0.29, 0.717) is 27.5 Å². The average molecular weight is 886 g/mol. The van der Waals surface area contributed by atoms with Crippen molar-refractivity contribution in [2.75, 3.05) is 43.0 Å². The second kappa shape index (κ2) is 15.6. The van der Waals surface area contributed by atoms with Gasteiger partial charge in [-0.15, -0.1) is 0 Å². The topological polar surface area (TPSA) is 215 Å². The molecule has 19 heteroatoms. The summed E-state index contributed by atoms with van der Waals surface area (Å²) in [6.07, 6.45) is 1.66. The summed E-state index contributed by atoms with van der Waals surface area (Å²) in [5, 5.41) is 36.8. The van der Waals surface area contributed by atoms with E-state index >= 15 is 9.59 Å². The van der Waals surface area contributed by atoms with E-state index < -0.39 is 79.9 Å². The van der Waals surface area contributed by atoms with Crippen LogP contribution >= 0.6 is 23.2 Å². The molecule has 1 saturated carbocycles. The molecule has 320 valence electrons. The SMILES string of the molecule is CCOc1cc([C@H]2C3=CC[C@@H]4C(=O)N(c5cc([N+](=O)[O-])c(N(C)C)c([N+](=O)[O-])c5)C(=O)[C@@H]4[C@@H]3C[C@H]3C(=O)N(Nc4ccc(Cl)cc4Cl)C(=O)[C@@]23c2ccc(OC)cc2)ccc1O. The first-order valence-electron chi connectivity index (χ1n) is 19.5. The lowest BCUT2D eigenvalue weighted by Crippen LogP contribution is -2.53. The number of nitrogens with one attached hydrogen (secondary N) is 1. The van der Waals surface area contributed by atoms with Gasteiger partial charge in [0.25, 0.3) is 11.8 Å². The lowest BCUT2D eigenvalue weighted by molar-refractivity contribution is -0.392. The maximum atomic E-state index is 15.6. The van der Waals surface area contributed by atoms with Crippen LogP contribution in [0.25, 0.3) is 0 Å². The fourth-order valence-electron chi connectivity index (χ4n) is 9.91. The number of hydrogen-bond acceptors (Lipinski definition) is 13. The van der Waals surface area contributed by atoms with Gasteiger partial charge in [0.1, 0.15) is 5.75 Å². The van der Waals surface area contributed by atoms with Crippen LogP contribution in [-0.4, -0.2) is 71.4 Å². The summed E-state index contributed by atoms with van der Waals surface area (Å²) >= 11 is 12.7. The van der Waals surface area contributed by atoms with E-state index in [-0.39, 0.29) is 53.0 Å². The molecule has 0 unspecified atom stereocenters. The summed E-state index contributed by atoms with van der Waals surface area (Å²) in [7, 11) is 4.28. The number of amides is 4. The van der Waals surface area contributed by atoms with Crippen molar-refractivity contribution in [1.82, 2.24) is 5.01 Å². The van der Waals surface area contributed by atoms with Crippen LogP contribution in [0.2, 0.25) is 10.0 Å². The summed E-state index contributed by atoms with van der Waals surface area (Å²) < 4.78 is 11.3. The van der Waals surface area contributed by atoms with E-state index in [1.54, 1.807) is 49.4 Å². The van der Waals surface area contributed by atoms with E-state index in [1.807, 2.05) is 0 Å². The fourth-order valence-corrected chi connectivity index (χ4v) is 10.4. The highest BCUT2D eigenvalue weighted by Crippen LogP contribution is 2.65. The van der Waals surface area contributed by atoms with Gasteiger partial charge in [-0.05, 0) is 79.3 Å². The van der Waals surface area contributed by atoms with Gasteiger partial charge in [0.2, 0.25) is 11.8 Å². The number of aromatic hydroxyl groups is 1. The Balaban J connectivity index is 1.33. The zero-order valence-corrected chi connectivity index (χ0v) is 35.0. The van der Waals surface area contributed by atoms with E-state index in [4.69, 9.17) is 32.7 Å². The largest absolute Gasteiger partial charge is 0.504 e. The number of nitro benzene ring substituents is 2. The number of hydrazine groups is 1. The molecule has 0 radical (unpaired) electrons. The number of phenols is 1. The van der Waals surface area contributed by atoms with E-state index in [2.05, 4.69) is 5.43 Å². The summed E-state index contributed by atoms with van der Waals surface area (Å²) in [6, 6.07) is 17.8. The number of hydrogen-bond donors (Lipinski definition) is 2. The number of phenolic OH excluding ortho intramolecular Hbond substituents is 1. The molecule has 4 aromatic carbocycles. The van der Waals surface area contributed by atoms with E-state index in [9.17, 15) is 34.9 Å². The number of benzene rings is 4. The maximum absolute atomic E-state index is 15.6. The van der Waals surface area contributed by atoms with Gasteiger partial charge in [-0.3, -0.25) is 44.8 Å². The zero-order valence-electron chi connectivity index (χ0n) is 33.5. The highest BCUT2D eigenvalue weighted by atomic mass is 35.5. The number of ether oxygens (including phenoxy) is 2. The minimum Gasteiger partial charge on any atom is -0.504 e. The molecule has 4 aliphatic rings. The van der Waals surface area contributed by atoms with Gasteiger partial charge >= 0.3 is 11.4 Å². The molecular weight excluding hydrogens is 847 g/mol. The maximum Gasteiger partial charge on any atom is 0.301 e. The van der Waals surface area contributed by atoms with Gasteiger partial charge in [0, 0.05) is 37.2 Å². The summed E-state index contributed by atoms with van der Waals surface area (Å²) in [6.45, 7) is 1.91. The number of fused-ring (bicyclic) bond motifs is 4. The Morgan fingerprint density at radius 2 is 1.58 bits per heavy atom. The first-order valence-corrected chi connectivity index (χ1v) is 20.2. The van der Waals surface area contributed by atoms with Gasteiger partial charge < -0.3 is 19.5 Å². The number of carbonyl (C=O) groups is 4. The number of nitrogens with zero attached hydrogens (tertiary/aromatic N) is 5. The molecule has 8 rings (SSSR count). The van der Waals surface area contributed by atoms with Crippen molar-refractivity contribution in [2.24, 2.45) is 23.7 Å². The van der Waals surface area contributed by atoms with Crippen LogP contribution in [0.1, 0.15) is 36.8 Å². The lowest BCUT2D eigenvalue weighted by Gasteiger charge is -2.50. The third-order valence-electron chi connectivity index (χ3n) is 12.4. The number of anilines is 3. The molecule has 0 aromatic heterocycles. The summed E-state index contributed by atoms with van der Waals surface area (Å²) in [4.78, 5) is 84.9. The number of methoxy groups -OCH3 is 1. The number of rotatable bonds is 11. The average Bonchev–Trinajstić information content (AvgIpc) is 3.62. The Morgan fingerprint density at radius 1 is 0.903 bits per heavy atom.